The Bertz CT molecular complexity index is 1100. The van der Waals surface area contributed by atoms with Crippen molar-refractivity contribution < 1.29 is 36.6 Å². The third-order valence-electron chi connectivity index (χ3n) is 5.01. The monoisotopic (exact) mass is 478 g/mol. The molecular formula is C19H18ClF3N2O5S. The normalized spacial score (nSPS) is 16.8. The van der Waals surface area contributed by atoms with Crippen LogP contribution in [-0.4, -0.2) is 54.1 Å². The van der Waals surface area contributed by atoms with E-state index in [2.05, 4.69) is 5.32 Å². The summed E-state index contributed by atoms with van der Waals surface area (Å²) in [6.45, 7) is -0.577. The number of nitrogens with one attached hydrogen (secondary N) is 1. The summed E-state index contributed by atoms with van der Waals surface area (Å²) in [5.41, 5.74) is -2.02. The number of carbonyl (C=O) groups is 1. The van der Waals surface area contributed by atoms with Crippen LogP contribution in [-0.2, 0) is 10.0 Å². The van der Waals surface area contributed by atoms with Gasteiger partial charge in [0.05, 0.1) is 27.7 Å². The molecular weight excluding hydrogens is 461 g/mol. The Labute approximate surface area is 181 Å². The molecule has 0 radical (unpaired) electrons. The lowest BCUT2D eigenvalue weighted by Crippen LogP contribution is -2.48. The zero-order valence-corrected chi connectivity index (χ0v) is 17.5. The van der Waals surface area contributed by atoms with Crippen molar-refractivity contribution in [1.82, 2.24) is 4.31 Å². The highest BCUT2D eigenvalue weighted by Crippen LogP contribution is 2.29. The van der Waals surface area contributed by atoms with Gasteiger partial charge >= 0.3 is 0 Å². The Morgan fingerprint density at radius 2 is 1.71 bits per heavy atom. The van der Waals surface area contributed by atoms with Gasteiger partial charge in [0.2, 0.25) is 10.0 Å². The minimum Gasteiger partial charge on any atom is -0.393 e. The lowest BCUT2D eigenvalue weighted by molar-refractivity contribution is -0.0480. The fourth-order valence-corrected chi connectivity index (χ4v) is 4.79. The largest absolute Gasteiger partial charge is 0.393 e. The molecule has 168 valence electrons. The highest BCUT2D eigenvalue weighted by Gasteiger charge is 2.37. The number of halogens is 4. The van der Waals surface area contributed by atoms with E-state index in [1.165, 1.54) is 12.1 Å². The van der Waals surface area contributed by atoms with Crippen molar-refractivity contribution in [2.75, 3.05) is 25.0 Å². The Balaban J connectivity index is 1.85. The van der Waals surface area contributed by atoms with Gasteiger partial charge in [0.1, 0.15) is 0 Å². The van der Waals surface area contributed by atoms with Gasteiger partial charge in [-0.25, -0.2) is 21.6 Å². The quantitative estimate of drug-likeness (QED) is 0.572. The molecule has 2 aromatic rings. The smallest absolute Gasteiger partial charge is 0.257 e. The number of piperidine rings is 1. The maximum Gasteiger partial charge on any atom is 0.257 e. The fourth-order valence-electron chi connectivity index (χ4n) is 3.11. The molecule has 0 spiro atoms. The van der Waals surface area contributed by atoms with Crippen molar-refractivity contribution in [2.24, 2.45) is 0 Å². The number of nitrogens with zero attached hydrogens (tertiary/aromatic N) is 1. The minimum absolute atomic E-state index is 0.0331. The number of hydrogen-bond acceptors (Lipinski definition) is 5. The number of benzene rings is 2. The molecule has 0 unspecified atom stereocenters. The van der Waals surface area contributed by atoms with Crippen LogP contribution in [0.3, 0.4) is 0 Å². The highest BCUT2D eigenvalue weighted by atomic mass is 35.5. The van der Waals surface area contributed by atoms with Gasteiger partial charge < -0.3 is 15.5 Å². The first-order chi connectivity index (χ1) is 14.5. The van der Waals surface area contributed by atoms with Gasteiger partial charge in [0.25, 0.3) is 5.91 Å². The van der Waals surface area contributed by atoms with E-state index in [1.807, 2.05) is 0 Å². The Morgan fingerprint density at radius 3 is 2.26 bits per heavy atom. The zero-order valence-electron chi connectivity index (χ0n) is 15.9. The van der Waals surface area contributed by atoms with Crippen LogP contribution < -0.4 is 5.32 Å². The minimum atomic E-state index is -4.05. The molecule has 1 heterocycles. The molecule has 2 aromatic carbocycles. The molecule has 1 fully saturated rings. The maximum absolute atomic E-state index is 13.4. The van der Waals surface area contributed by atoms with Gasteiger partial charge in [0.15, 0.2) is 17.5 Å². The van der Waals surface area contributed by atoms with E-state index in [0.717, 1.165) is 10.4 Å². The molecule has 31 heavy (non-hydrogen) atoms. The second-order valence-corrected chi connectivity index (χ2v) is 9.48. The molecule has 3 N–H and O–H groups in total. The van der Waals surface area contributed by atoms with E-state index < -0.39 is 45.6 Å². The predicted molar refractivity (Wildman–Crippen MR) is 106 cm³/mol. The SMILES string of the molecule is O=C(Nc1cc(F)c(F)c(F)c1)c1cc(S(=O)(=O)N2CCC(O)(CO)CC2)ccc1Cl. The van der Waals surface area contributed by atoms with E-state index in [-0.39, 0.29) is 47.1 Å². The molecule has 12 heteroatoms. The molecule has 3 rings (SSSR count). The molecule has 0 saturated carbocycles. The Kier molecular flexibility index (Phi) is 6.63. The zero-order chi connectivity index (χ0) is 23.0. The van der Waals surface area contributed by atoms with E-state index >= 15 is 0 Å². The van der Waals surface area contributed by atoms with Crippen molar-refractivity contribution >= 4 is 33.2 Å². The molecule has 1 saturated heterocycles. The summed E-state index contributed by atoms with van der Waals surface area (Å²) in [6, 6.07) is 4.53. The number of sulfonamides is 1. The lowest BCUT2D eigenvalue weighted by atomic mass is 9.94. The fraction of sp³-hybridized carbons (Fsp3) is 0.316. The van der Waals surface area contributed by atoms with Gasteiger partial charge in [-0.15, -0.1) is 0 Å². The first-order valence-electron chi connectivity index (χ1n) is 9.06. The van der Waals surface area contributed by atoms with Crippen molar-refractivity contribution in [3.63, 3.8) is 0 Å². The number of rotatable bonds is 5. The number of anilines is 1. The number of aliphatic hydroxyl groups is 2. The van der Waals surface area contributed by atoms with Crippen LogP contribution in [0, 0.1) is 17.5 Å². The summed E-state index contributed by atoms with van der Waals surface area (Å²) in [7, 11) is -4.05. The first kappa shape index (κ1) is 23.5. The Hall–Kier alpha value is -2.18. The summed E-state index contributed by atoms with van der Waals surface area (Å²) in [5, 5.41) is 21.3. The topological polar surface area (TPSA) is 107 Å². The number of aliphatic hydroxyl groups excluding tert-OH is 1. The standard InChI is InChI=1S/C19H18ClF3N2O5S/c20-14-2-1-12(31(29,30)25-5-3-19(28,10-26)4-6-25)9-13(14)18(27)24-11-7-15(21)17(23)16(22)8-11/h1-2,7-9,26,28H,3-6,10H2,(H,24,27). The van der Waals surface area contributed by atoms with Crippen molar-refractivity contribution in [2.45, 2.75) is 23.3 Å². The molecule has 7 nitrogen and oxygen atoms in total. The van der Waals surface area contributed by atoms with Gasteiger partial charge in [-0.2, -0.15) is 4.31 Å². The molecule has 1 aliphatic rings. The summed E-state index contributed by atoms with van der Waals surface area (Å²) < 4.78 is 66.8. The molecule has 0 aliphatic carbocycles. The van der Waals surface area contributed by atoms with Gasteiger partial charge in [-0.1, -0.05) is 11.6 Å². The van der Waals surface area contributed by atoms with Crippen molar-refractivity contribution in [3.8, 4) is 0 Å². The summed E-state index contributed by atoms with van der Waals surface area (Å²) >= 11 is 6.00. The number of hydrogen-bond donors (Lipinski definition) is 3. The number of carbonyl (C=O) groups excluding carboxylic acids is 1. The lowest BCUT2D eigenvalue weighted by Gasteiger charge is -2.36. The maximum atomic E-state index is 13.4. The van der Waals surface area contributed by atoms with Crippen LogP contribution in [0.2, 0.25) is 5.02 Å². The summed E-state index contributed by atoms with van der Waals surface area (Å²) in [5.74, 6) is -5.67. The highest BCUT2D eigenvalue weighted by molar-refractivity contribution is 7.89. The first-order valence-corrected chi connectivity index (χ1v) is 10.9. The van der Waals surface area contributed by atoms with Gasteiger partial charge in [-0.3, -0.25) is 4.79 Å². The van der Waals surface area contributed by atoms with E-state index in [4.69, 9.17) is 11.6 Å². The van der Waals surface area contributed by atoms with Crippen LogP contribution in [0.25, 0.3) is 0 Å². The molecule has 0 aromatic heterocycles. The summed E-state index contributed by atoms with van der Waals surface area (Å²) in [6.07, 6.45) is 0.0662. The van der Waals surface area contributed by atoms with Crippen LogP contribution in [0.15, 0.2) is 35.2 Å². The molecule has 1 amide bonds. The second-order valence-electron chi connectivity index (χ2n) is 7.14. The van der Waals surface area contributed by atoms with Gasteiger partial charge in [-0.05, 0) is 31.0 Å². The third-order valence-corrected chi connectivity index (χ3v) is 7.23. The van der Waals surface area contributed by atoms with E-state index in [1.54, 1.807) is 0 Å². The number of amides is 1. The van der Waals surface area contributed by atoms with Crippen LogP contribution in [0.4, 0.5) is 18.9 Å². The molecule has 0 atom stereocenters. The van der Waals surface area contributed by atoms with E-state index in [9.17, 15) is 36.6 Å². The average Bonchev–Trinajstić information content (AvgIpc) is 2.72. The van der Waals surface area contributed by atoms with E-state index in [0.29, 0.717) is 12.1 Å². The average molecular weight is 479 g/mol. The predicted octanol–water partition coefficient (Wildman–Crippen LogP) is 2.52. The summed E-state index contributed by atoms with van der Waals surface area (Å²) in [4.78, 5) is 12.3. The molecule has 0 bridgehead atoms. The Morgan fingerprint density at radius 1 is 1.13 bits per heavy atom. The van der Waals surface area contributed by atoms with Crippen LogP contribution in [0.1, 0.15) is 23.2 Å². The van der Waals surface area contributed by atoms with Crippen LogP contribution in [0.5, 0.6) is 0 Å². The van der Waals surface area contributed by atoms with Crippen LogP contribution >= 0.6 is 11.6 Å². The third kappa shape index (κ3) is 4.85. The van der Waals surface area contributed by atoms with Crippen molar-refractivity contribution in [3.05, 3.63) is 58.4 Å². The van der Waals surface area contributed by atoms with Crippen molar-refractivity contribution in [1.29, 1.82) is 0 Å². The van der Waals surface area contributed by atoms with Gasteiger partial charge in [0, 0.05) is 30.9 Å². The molecule has 1 aliphatic heterocycles. The second kappa shape index (κ2) is 8.75.